The Hall–Kier alpha value is 1.32. The van der Waals surface area contributed by atoms with Crippen LogP contribution in [0.1, 0.15) is 6.92 Å². The van der Waals surface area contributed by atoms with E-state index in [-0.39, 0.29) is 55.8 Å². The molecule has 0 aromatic carbocycles. The van der Waals surface area contributed by atoms with Crippen molar-refractivity contribution in [2.24, 2.45) is 0 Å². The van der Waals surface area contributed by atoms with Crippen LogP contribution < -0.4 is 51.4 Å². The van der Waals surface area contributed by atoms with Gasteiger partial charge >= 0.3 is 51.4 Å². The van der Waals surface area contributed by atoms with Crippen molar-refractivity contribution in [3.05, 3.63) is 16.0 Å². The zero-order chi connectivity index (χ0) is 7.70. The van der Waals surface area contributed by atoms with Gasteiger partial charge in [0.15, 0.2) is 0 Å². The number of thiol groups is 1. The van der Waals surface area contributed by atoms with Gasteiger partial charge in [0.25, 0.3) is 0 Å². The fourth-order valence-corrected chi connectivity index (χ4v) is 0.758. The summed E-state index contributed by atoms with van der Waals surface area (Å²) in [5, 5.41) is 0. The van der Waals surface area contributed by atoms with Gasteiger partial charge in [0.1, 0.15) is 0 Å². The van der Waals surface area contributed by atoms with Crippen LogP contribution in [0.3, 0.4) is 0 Å². The molecular weight excluding hydrogens is 197 g/mol. The Morgan fingerprint density at radius 2 is 2.00 bits per heavy atom. The fraction of sp³-hybridized carbons (Fsp3) is 0.667. The molecule has 0 aliphatic rings. The Balaban J connectivity index is -0.000000107. The van der Waals surface area contributed by atoms with E-state index in [9.17, 15) is 4.79 Å². The summed E-state index contributed by atoms with van der Waals surface area (Å²) in [4.78, 5) is 11.4. The van der Waals surface area contributed by atoms with Crippen LogP contribution in [-0.2, 0) is 0 Å². The van der Waals surface area contributed by atoms with Crippen molar-refractivity contribution in [1.82, 2.24) is 0 Å². The van der Waals surface area contributed by atoms with Gasteiger partial charge in [-0.25, -0.2) is 0 Å². The van der Waals surface area contributed by atoms with Crippen molar-refractivity contribution in [3.8, 4) is 0 Å². The van der Waals surface area contributed by atoms with Crippen LogP contribution in [-0.4, -0.2) is 10.2 Å². The first-order valence-corrected chi connectivity index (χ1v) is 3.46. The van der Waals surface area contributed by atoms with E-state index in [1.165, 1.54) is 16.7 Å². The van der Waals surface area contributed by atoms with Gasteiger partial charge in [0.2, 0.25) is 4.45 Å². The molecule has 0 saturated carbocycles. The zero-order valence-electron chi connectivity index (χ0n) is 5.81. The predicted molar refractivity (Wildman–Crippen MR) is 42.6 cm³/mol. The Kier molecular flexibility index (Phi) is 29.1. The Morgan fingerprint density at radius 3 is 2.00 bits per heavy atom. The van der Waals surface area contributed by atoms with E-state index in [0.717, 1.165) is 5.75 Å². The standard InChI is InChI=1S/C3H6OS2.K.N3/c1-2-6-3(4)5;;1-3-2/h2H2,1H3,(H,4,5);;/q;+1;-1. The minimum atomic E-state index is -0.0995. The van der Waals surface area contributed by atoms with Crippen LogP contribution >= 0.6 is 24.4 Å². The maximum Gasteiger partial charge on any atom is 1.00 e. The van der Waals surface area contributed by atoms with E-state index in [4.69, 9.17) is 11.1 Å². The third-order valence-corrected chi connectivity index (χ3v) is 1.19. The monoisotopic (exact) mass is 203 g/mol. The van der Waals surface area contributed by atoms with Gasteiger partial charge in [0, 0.05) is 0 Å². The molecule has 0 amide bonds. The van der Waals surface area contributed by atoms with Gasteiger partial charge in [-0.3, -0.25) is 9.71 Å². The van der Waals surface area contributed by atoms with Gasteiger partial charge in [-0.15, -0.1) is 0 Å². The van der Waals surface area contributed by atoms with E-state index in [2.05, 4.69) is 12.6 Å². The van der Waals surface area contributed by atoms with Crippen LogP contribution in [0, 0.1) is 0 Å². The molecule has 0 aromatic rings. The van der Waals surface area contributed by atoms with Crippen LogP contribution in [0.5, 0.6) is 0 Å². The Morgan fingerprint density at radius 1 is 1.70 bits per heavy atom. The second-order valence-corrected chi connectivity index (χ2v) is 2.73. The zero-order valence-corrected chi connectivity index (χ0v) is 10.6. The Labute approximate surface area is 112 Å². The molecule has 0 rings (SSSR count). The van der Waals surface area contributed by atoms with E-state index in [0.29, 0.717) is 0 Å². The first-order chi connectivity index (χ1) is 4.18. The molecule has 0 spiro atoms. The summed E-state index contributed by atoms with van der Waals surface area (Å²) < 4.78 is -0.0995. The molecule has 0 saturated heterocycles. The molecule has 0 aliphatic carbocycles. The van der Waals surface area contributed by atoms with Crippen molar-refractivity contribution in [1.29, 1.82) is 0 Å². The molecular formula is C3H6KN3OS2. The second-order valence-electron chi connectivity index (χ2n) is 0.788. The second kappa shape index (κ2) is 16.7. The molecule has 7 heteroatoms. The van der Waals surface area contributed by atoms with Crippen molar-refractivity contribution >= 4 is 28.8 Å². The van der Waals surface area contributed by atoms with Crippen LogP contribution in [0.4, 0.5) is 4.79 Å². The first kappa shape index (κ1) is 17.4. The van der Waals surface area contributed by atoms with Gasteiger partial charge in [-0.05, 0) is 5.75 Å². The minimum Gasteiger partial charge on any atom is -0.373 e. The molecule has 0 aliphatic heterocycles. The van der Waals surface area contributed by atoms with Gasteiger partial charge in [-0.1, -0.05) is 31.3 Å². The summed E-state index contributed by atoms with van der Waals surface area (Å²) in [7, 11) is 0. The molecule has 0 atom stereocenters. The van der Waals surface area contributed by atoms with E-state index >= 15 is 0 Å². The topological polar surface area (TPSA) is 75.8 Å². The summed E-state index contributed by atoms with van der Waals surface area (Å²) in [6.07, 6.45) is 0. The molecule has 4 nitrogen and oxygen atoms in total. The summed E-state index contributed by atoms with van der Waals surface area (Å²) in [5.74, 6) is 0.822. The minimum absolute atomic E-state index is 0. The quantitative estimate of drug-likeness (QED) is 0.208. The van der Waals surface area contributed by atoms with Crippen molar-refractivity contribution in [2.45, 2.75) is 6.92 Å². The molecule has 52 valence electrons. The molecule has 0 aromatic heterocycles. The largest absolute Gasteiger partial charge is 1.00 e. The SMILES string of the molecule is CCSC(=O)S.[K+].[N-]=[N+]=[N-]. The number of rotatable bonds is 1. The molecule has 0 N–H and O–H groups in total. The number of carbonyl (C=O) groups excluding carboxylic acids is 1. The van der Waals surface area contributed by atoms with Gasteiger partial charge in [0.05, 0.1) is 0 Å². The molecule has 10 heavy (non-hydrogen) atoms. The summed E-state index contributed by atoms with van der Waals surface area (Å²) >= 11 is 4.71. The van der Waals surface area contributed by atoms with Gasteiger partial charge in [-0.2, -0.15) is 0 Å². The molecule has 0 fully saturated rings. The number of hydrogen-bond donors (Lipinski definition) is 1. The third-order valence-electron chi connectivity index (χ3n) is 0.268. The predicted octanol–water partition coefficient (Wildman–Crippen LogP) is -0.341. The maximum atomic E-state index is 9.87. The number of hydrogen-bond acceptors (Lipinski definition) is 2. The van der Waals surface area contributed by atoms with E-state index < -0.39 is 0 Å². The molecule has 0 heterocycles. The average molecular weight is 203 g/mol. The summed E-state index contributed by atoms with van der Waals surface area (Å²) in [6.45, 7) is 1.92. The summed E-state index contributed by atoms with van der Waals surface area (Å²) in [6, 6.07) is 0. The smallest absolute Gasteiger partial charge is 0.373 e. The molecule has 0 unspecified atom stereocenters. The van der Waals surface area contributed by atoms with Gasteiger partial charge < -0.3 is 11.1 Å². The number of thioether (sulfide) groups is 1. The Bertz CT molecular complexity index is 114. The van der Waals surface area contributed by atoms with Crippen LogP contribution in [0.25, 0.3) is 16.0 Å². The van der Waals surface area contributed by atoms with Crippen molar-refractivity contribution < 1.29 is 56.2 Å². The number of carbonyl (C=O) groups is 1. The molecule has 0 radical (unpaired) electrons. The molecule has 0 bridgehead atoms. The maximum absolute atomic E-state index is 9.87. The normalized spacial score (nSPS) is 5.80. The van der Waals surface area contributed by atoms with Crippen LogP contribution in [0.15, 0.2) is 0 Å². The summed E-state index contributed by atoms with van der Waals surface area (Å²) in [5.41, 5.74) is 13.5. The third kappa shape index (κ3) is 34.6. The van der Waals surface area contributed by atoms with Crippen molar-refractivity contribution in [2.75, 3.05) is 5.75 Å². The fourth-order valence-electron chi connectivity index (χ4n) is 0.123. The average Bonchev–Trinajstić information content (AvgIpc) is 1.67. The van der Waals surface area contributed by atoms with E-state index in [1.807, 2.05) is 6.92 Å². The first-order valence-electron chi connectivity index (χ1n) is 2.03. The van der Waals surface area contributed by atoms with E-state index in [1.54, 1.807) is 0 Å². The number of nitrogens with zero attached hydrogens (tertiary/aromatic N) is 3. The van der Waals surface area contributed by atoms with Crippen molar-refractivity contribution in [3.63, 3.8) is 0 Å². The van der Waals surface area contributed by atoms with Crippen LogP contribution in [0.2, 0.25) is 0 Å².